The van der Waals surface area contributed by atoms with Crippen LogP contribution in [-0.4, -0.2) is 48.8 Å². The second-order valence-corrected chi connectivity index (χ2v) is 5.73. The Morgan fingerprint density at radius 1 is 1.47 bits per heavy atom. The van der Waals surface area contributed by atoms with Crippen LogP contribution in [0.5, 0.6) is 0 Å². The molecule has 1 aliphatic heterocycles. The van der Waals surface area contributed by atoms with Gasteiger partial charge in [0.2, 0.25) is 5.91 Å². The van der Waals surface area contributed by atoms with Crippen LogP contribution in [0.2, 0.25) is 0 Å². The number of carbonyl (C=O) groups excluding carboxylic acids is 1. The average molecular weight is 270 g/mol. The molecule has 1 heterocycles. The van der Waals surface area contributed by atoms with Crippen molar-refractivity contribution in [3.05, 3.63) is 0 Å². The van der Waals surface area contributed by atoms with Crippen LogP contribution < -0.4 is 10.6 Å². The van der Waals surface area contributed by atoms with E-state index in [1.165, 1.54) is 0 Å². The van der Waals surface area contributed by atoms with Crippen LogP contribution in [0, 0.1) is 5.41 Å². The molecule has 6 heteroatoms. The summed E-state index contributed by atoms with van der Waals surface area (Å²) in [5.74, 6) is -0.941. The molecule has 108 valence electrons. The van der Waals surface area contributed by atoms with Crippen molar-refractivity contribution in [3.63, 3.8) is 0 Å². The highest BCUT2D eigenvalue weighted by molar-refractivity contribution is 5.84. The summed E-state index contributed by atoms with van der Waals surface area (Å²) >= 11 is 0. The van der Waals surface area contributed by atoms with E-state index >= 15 is 0 Å². The third-order valence-corrected chi connectivity index (χ3v) is 4.50. The third kappa shape index (κ3) is 2.74. The van der Waals surface area contributed by atoms with Crippen LogP contribution in [0.1, 0.15) is 32.6 Å². The molecule has 2 fully saturated rings. The van der Waals surface area contributed by atoms with Gasteiger partial charge < -0.3 is 20.5 Å². The Hall–Kier alpha value is -1.14. The first kappa shape index (κ1) is 14.3. The van der Waals surface area contributed by atoms with Gasteiger partial charge in [0.25, 0.3) is 0 Å². The van der Waals surface area contributed by atoms with Gasteiger partial charge in [-0.25, -0.2) is 0 Å². The first-order valence-electron chi connectivity index (χ1n) is 6.77. The van der Waals surface area contributed by atoms with Crippen molar-refractivity contribution in [2.24, 2.45) is 5.41 Å². The molecule has 0 aromatic carbocycles. The Morgan fingerprint density at radius 2 is 2.21 bits per heavy atom. The zero-order valence-corrected chi connectivity index (χ0v) is 11.4. The Balaban J connectivity index is 1.94. The topological polar surface area (TPSA) is 87.7 Å². The Labute approximate surface area is 112 Å². The van der Waals surface area contributed by atoms with Crippen molar-refractivity contribution >= 4 is 11.9 Å². The number of methoxy groups -OCH3 is 1. The number of aliphatic carboxylic acids is 1. The van der Waals surface area contributed by atoms with Gasteiger partial charge >= 0.3 is 5.97 Å². The standard InChI is InChI=1S/C13H22N2O4/c1-13(12(17)18)5-3-4-10(13)15-11(16)9-6-8(19-2)7-14-9/h8-10,14H,3-7H2,1-2H3,(H,15,16)(H,17,18). The highest BCUT2D eigenvalue weighted by Gasteiger charge is 2.46. The summed E-state index contributed by atoms with van der Waals surface area (Å²) in [5.41, 5.74) is -0.838. The quantitative estimate of drug-likeness (QED) is 0.675. The van der Waals surface area contributed by atoms with Gasteiger partial charge in [-0.1, -0.05) is 6.42 Å². The van der Waals surface area contributed by atoms with Crippen molar-refractivity contribution < 1.29 is 19.4 Å². The van der Waals surface area contributed by atoms with Gasteiger partial charge in [0.05, 0.1) is 17.6 Å². The molecule has 1 saturated carbocycles. The molecule has 4 atom stereocenters. The number of nitrogens with one attached hydrogen (secondary N) is 2. The predicted octanol–water partition coefficient (Wildman–Crippen LogP) is 0.123. The van der Waals surface area contributed by atoms with E-state index in [0.717, 1.165) is 12.8 Å². The number of amides is 1. The van der Waals surface area contributed by atoms with Crippen LogP contribution in [-0.2, 0) is 14.3 Å². The fourth-order valence-corrected chi connectivity index (χ4v) is 3.01. The minimum Gasteiger partial charge on any atom is -0.481 e. The fraction of sp³-hybridized carbons (Fsp3) is 0.846. The van der Waals surface area contributed by atoms with E-state index in [1.807, 2.05) is 0 Å². The molecule has 2 aliphatic rings. The molecule has 1 amide bonds. The monoisotopic (exact) mass is 270 g/mol. The van der Waals surface area contributed by atoms with Gasteiger partial charge in [0.1, 0.15) is 0 Å². The highest BCUT2D eigenvalue weighted by atomic mass is 16.5. The third-order valence-electron chi connectivity index (χ3n) is 4.50. The molecule has 19 heavy (non-hydrogen) atoms. The van der Waals surface area contributed by atoms with Gasteiger partial charge in [0.15, 0.2) is 0 Å². The number of hydrogen-bond acceptors (Lipinski definition) is 4. The maximum absolute atomic E-state index is 12.2. The zero-order chi connectivity index (χ0) is 14.0. The summed E-state index contributed by atoms with van der Waals surface area (Å²) in [6, 6.07) is -0.551. The highest BCUT2D eigenvalue weighted by Crippen LogP contribution is 2.38. The number of hydrogen-bond donors (Lipinski definition) is 3. The zero-order valence-electron chi connectivity index (χ0n) is 11.4. The van der Waals surface area contributed by atoms with Crippen LogP contribution in [0.4, 0.5) is 0 Å². The predicted molar refractivity (Wildman–Crippen MR) is 68.7 cm³/mol. The van der Waals surface area contributed by atoms with Crippen LogP contribution >= 0.6 is 0 Å². The van der Waals surface area contributed by atoms with Crippen molar-refractivity contribution in [3.8, 4) is 0 Å². The molecule has 6 nitrogen and oxygen atoms in total. The van der Waals surface area contributed by atoms with Gasteiger partial charge in [-0.2, -0.15) is 0 Å². The number of carbonyl (C=O) groups is 2. The Kier molecular flexibility index (Phi) is 4.10. The van der Waals surface area contributed by atoms with Gasteiger partial charge in [-0.05, 0) is 26.2 Å². The SMILES string of the molecule is COC1CNC(C(=O)NC2CCCC2(C)C(=O)O)C1. The maximum atomic E-state index is 12.2. The minimum absolute atomic E-state index is 0.0604. The summed E-state index contributed by atoms with van der Waals surface area (Å²) in [6.07, 6.45) is 2.89. The summed E-state index contributed by atoms with van der Waals surface area (Å²) in [6.45, 7) is 2.38. The molecule has 0 aromatic rings. The van der Waals surface area contributed by atoms with E-state index < -0.39 is 11.4 Å². The van der Waals surface area contributed by atoms with Crippen LogP contribution in [0.3, 0.4) is 0 Å². The molecule has 1 aliphatic carbocycles. The van der Waals surface area contributed by atoms with Crippen LogP contribution in [0.15, 0.2) is 0 Å². The van der Waals surface area contributed by atoms with Gasteiger partial charge in [-0.3, -0.25) is 9.59 Å². The molecule has 2 rings (SSSR count). The second kappa shape index (κ2) is 5.46. The summed E-state index contributed by atoms with van der Waals surface area (Å²) in [4.78, 5) is 23.5. The van der Waals surface area contributed by atoms with Crippen molar-refractivity contribution in [2.45, 2.75) is 50.8 Å². The lowest BCUT2D eigenvalue weighted by molar-refractivity contribution is -0.149. The fourth-order valence-electron chi connectivity index (χ4n) is 3.01. The number of ether oxygens (including phenoxy) is 1. The molecule has 0 radical (unpaired) electrons. The van der Waals surface area contributed by atoms with E-state index in [0.29, 0.717) is 19.4 Å². The van der Waals surface area contributed by atoms with Gasteiger partial charge in [-0.15, -0.1) is 0 Å². The molecular formula is C13H22N2O4. The lowest BCUT2D eigenvalue weighted by atomic mass is 9.85. The smallest absolute Gasteiger partial charge is 0.311 e. The summed E-state index contributed by atoms with van der Waals surface area (Å²) in [5, 5.41) is 15.3. The van der Waals surface area contributed by atoms with E-state index in [4.69, 9.17) is 4.74 Å². The van der Waals surface area contributed by atoms with Crippen LogP contribution in [0.25, 0.3) is 0 Å². The molecule has 3 N–H and O–H groups in total. The second-order valence-electron chi connectivity index (χ2n) is 5.73. The number of carboxylic acid groups (broad SMARTS) is 1. The molecule has 0 spiro atoms. The summed E-state index contributed by atoms with van der Waals surface area (Å²) in [7, 11) is 1.63. The lowest BCUT2D eigenvalue weighted by Gasteiger charge is -2.28. The molecule has 1 saturated heterocycles. The molecule has 0 bridgehead atoms. The first-order valence-corrected chi connectivity index (χ1v) is 6.77. The average Bonchev–Trinajstić information content (AvgIpc) is 2.97. The first-order chi connectivity index (χ1) is 8.97. The van der Waals surface area contributed by atoms with E-state index in [2.05, 4.69) is 10.6 Å². The molecule has 0 aromatic heterocycles. The van der Waals surface area contributed by atoms with Gasteiger partial charge in [0, 0.05) is 19.7 Å². The largest absolute Gasteiger partial charge is 0.481 e. The Morgan fingerprint density at radius 3 is 2.79 bits per heavy atom. The number of rotatable bonds is 4. The molecule has 4 unspecified atom stereocenters. The van der Waals surface area contributed by atoms with E-state index in [1.54, 1.807) is 14.0 Å². The van der Waals surface area contributed by atoms with Crippen molar-refractivity contribution in [1.29, 1.82) is 0 Å². The number of carboxylic acids is 1. The Bertz CT molecular complexity index is 374. The maximum Gasteiger partial charge on any atom is 0.311 e. The van der Waals surface area contributed by atoms with E-state index in [9.17, 15) is 14.7 Å². The van der Waals surface area contributed by atoms with Crippen molar-refractivity contribution in [1.82, 2.24) is 10.6 Å². The minimum atomic E-state index is -0.838. The summed E-state index contributed by atoms with van der Waals surface area (Å²) < 4.78 is 5.20. The lowest BCUT2D eigenvalue weighted by Crippen LogP contribution is -2.51. The van der Waals surface area contributed by atoms with E-state index in [-0.39, 0.29) is 24.1 Å². The molecular weight excluding hydrogens is 248 g/mol. The normalized spacial score (nSPS) is 38.3. The van der Waals surface area contributed by atoms with Crippen molar-refractivity contribution in [2.75, 3.05) is 13.7 Å².